The SMILES string of the molecule is COc1nccnc1C(=O)C1(c2ccc(N)cc2)CC1. The van der Waals surface area contributed by atoms with E-state index in [0.29, 0.717) is 11.4 Å². The number of nitrogens with zero attached hydrogens (tertiary/aromatic N) is 2. The normalized spacial score (nSPS) is 15.7. The maximum Gasteiger partial charge on any atom is 0.243 e. The summed E-state index contributed by atoms with van der Waals surface area (Å²) in [5, 5.41) is 0. The Balaban J connectivity index is 1.99. The minimum atomic E-state index is -0.489. The molecule has 1 aliphatic carbocycles. The molecule has 1 aromatic carbocycles. The molecule has 2 aromatic rings. The zero-order chi connectivity index (χ0) is 14.2. The summed E-state index contributed by atoms with van der Waals surface area (Å²) in [5.74, 6) is 0.242. The van der Waals surface area contributed by atoms with Gasteiger partial charge in [0, 0.05) is 18.1 Å². The molecular weight excluding hydrogens is 254 g/mol. The molecule has 0 saturated heterocycles. The fraction of sp³-hybridized carbons (Fsp3) is 0.267. The fourth-order valence-electron chi connectivity index (χ4n) is 2.43. The van der Waals surface area contributed by atoms with Crippen LogP contribution in [0.2, 0.25) is 0 Å². The van der Waals surface area contributed by atoms with E-state index in [1.165, 1.54) is 19.5 Å². The van der Waals surface area contributed by atoms with Crippen molar-refractivity contribution in [1.29, 1.82) is 0 Å². The van der Waals surface area contributed by atoms with Gasteiger partial charge in [-0.2, -0.15) is 0 Å². The molecule has 1 heterocycles. The topological polar surface area (TPSA) is 78.1 Å². The number of hydrogen-bond donors (Lipinski definition) is 1. The van der Waals surface area contributed by atoms with Crippen molar-refractivity contribution in [2.24, 2.45) is 0 Å². The van der Waals surface area contributed by atoms with Crippen molar-refractivity contribution in [3.63, 3.8) is 0 Å². The molecule has 1 aromatic heterocycles. The molecule has 1 saturated carbocycles. The Bertz CT molecular complexity index is 648. The molecule has 5 heteroatoms. The quantitative estimate of drug-likeness (QED) is 0.678. The zero-order valence-corrected chi connectivity index (χ0v) is 11.2. The Labute approximate surface area is 116 Å². The van der Waals surface area contributed by atoms with Crippen LogP contribution < -0.4 is 10.5 Å². The summed E-state index contributed by atoms with van der Waals surface area (Å²) in [6.45, 7) is 0. The Kier molecular flexibility index (Phi) is 2.89. The van der Waals surface area contributed by atoms with Crippen LogP contribution in [0.4, 0.5) is 5.69 Å². The van der Waals surface area contributed by atoms with Gasteiger partial charge in [0.15, 0.2) is 11.5 Å². The lowest BCUT2D eigenvalue weighted by atomic mass is 9.89. The van der Waals surface area contributed by atoms with Crippen molar-refractivity contribution in [2.45, 2.75) is 18.3 Å². The highest BCUT2D eigenvalue weighted by Gasteiger charge is 2.52. The van der Waals surface area contributed by atoms with Crippen molar-refractivity contribution >= 4 is 11.5 Å². The molecule has 0 atom stereocenters. The molecule has 5 nitrogen and oxygen atoms in total. The van der Waals surface area contributed by atoms with E-state index in [1.807, 2.05) is 24.3 Å². The fourth-order valence-corrected chi connectivity index (χ4v) is 2.43. The van der Waals surface area contributed by atoms with Gasteiger partial charge >= 0.3 is 0 Å². The zero-order valence-electron chi connectivity index (χ0n) is 11.2. The first-order chi connectivity index (χ1) is 9.67. The van der Waals surface area contributed by atoms with Gasteiger partial charge in [-0.15, -0.1) is 0 Å². The summed E-state index contributed by atoms with van der Waals surface area (Å²) in [6, 6.07) is 7.44. The highest BCUT2D eigenvalue weighted by molar-refractivity contribution is 6.06. The summed E-state index contributed by atoms with van der Waals surface area (Å²) in [5.41, 5.74) is 7.17. The average Bonchev–Trinajstić information content (AvgIpc) is 3.29. The number of rotatable bonds is 4. The van der Waals surface area contributed by atoms with Crippen molar-refractivity contribution in [1.82, 2.24) is 9.97 Å². The first-order valence-corrected chi connectivity index (χ1v) is 6.43. The summed E-state index contributed by atoms with van der Waals surface area (Å²) < 4.78 is 5.13. The number of hydrogen-bond acceptors (Lipinski definition) is 5. The van der Waals surface area contributed by atoms with Crippen LogP contribution >= 0.6 is 0 Å². The van der Waals surface area contributed by atoms with Gasteiger partial charge in [-0.1, -0.05) is 12.1 Å². The maximum atomic E-state index is 12.8. The summed E-state index contributed by atoms with van der Waals surface area (Å²) >= 11 is 0. The first-order valence-electron chi connectivity index (χ1n) is 6.43. The number of methoxy groups -OCH3 is 1. The lowest BCUT2D eigenvalue weighted by Crippen LogP contribution is -2.22. The number of nitrogens with two attached hydrogens (primary N) is 1. The Hall–Kier alpha value is -2.43. The van der Waals surface area contributed by atoms with Crippen LogP contribution in [0.25, 0.3) is 0 Å². The summed E-state index contributed by atoms with van der Waals surface area (Å²) in [6.07, 6.45) is 4.65. The third kappa shape index (κ3) is 1.91. The lowest BCUT2D eigenvalue weighted by Gasteiger charge is -2.15. The van der Waals surface area contributed by atoms with Gasteiger partial charge in [0.2, 0.25) is 5.88 Å². The molecule has 102 valence electrons. The Morgan fingerprint density at radius 1 is 1.20 bits per heavy atom. The van der Waals surface area contributed by atoms with Crippen molar-refractivity contribution in [3.05, 3.63) is 47.9 Å². The second kappa shape index (κ2) is 4.59. The average molecular weight is 269 g/mol. The second-order valence-corrected chi connectivity index (χ2v) is 4.95. The van der Waals surface area contributed by atoms with Crippen LogP contribution in [0.1, 0.15) is 28.9 Å². The monoisotopic (exact) mass is 269 g/mol. The van der Waals surface area contributed by atoms with E-state index >= 15 is 0 Å². The number of benzene rings is 1. The molecule has 0 bridgehead atoms. The number of aromatic nitrogens is 2. The first kappa shape index (κ1) is 12.6. The molecule has 1 aliphatic rings. The van der Waals surface area contributed by atoms with Crippen LogP contribution in [0, 0.1) is 0 Å². The van der Waals surface area contributed by atoms with Crippen molar-refractivity contribution in [2.75, 3.05) is 12.8 Å². The maximum absolute atomic E-state index is 12.8. The molecule has 3 rings (SSSR count). The molecule has 2 N–H and O–H groups in total. The van der Waals surface area contributed by atoms with Crippen LogP contribution in [0.15, 0.2) is 36.7 Å². The van der Waals surface area contributed by atoms with Gasteiger partial charge in [0.25, 0.3) is 0 Å². The van der Waals surface area contributed by atoms with Gasteiger partial charge in [0.05, 0.1) is 12.5 Å². The largest absolute Gasteiger partial charge is 0.479 e. The van der Waals surface area contributed by atoms with E-state index in [2.05, 4.69) is 9.97 Å². The van der Waals surface area contributed by atoms with Crippen molar-refractivity contribution < 1.29 is 9.53 Å². The Morgan fingerprint density at radius 3 is 2.45 bits per heavy atom. The number of ether oxygens (including phenoxy) is 1. The predicted molar refractivity (Wildman–Crippen MR) is 74.7 cm³/mol. The van der Waals surface area contributed by atoms with Crippen LogP contribution in [0.5, 0.6) is 5.88 Å². The van der Waals surface area contributed by atoms with E-state index in [0.717, 1.165) is 18.4 Å². The number of carbonyl (C=O) groups is 1. The molecular formula is C15H15N3O2. The standard InChI is InChI=1S/C15H15N3O2/c1-20-14-12(17-8-9-18-14)13(19)15(6-7-15)10-2-4-11(16)5-3-10/h2-5,8-9H,6-7,16H2,1H3. The molecule has 0 spiro atoms. The molecule has 0 amide bonds. The molecule has 0 unspecified atom stereocenters. The van der Waals surface area contributed by atoms with Crippen LogP contribution in [0.3, 0.4) is 0 Å². The predicted octanol–water partition coefficient (Wildman–Crippen LogP) is 1.98. The highest BCUT2D eigenvalue weighted by atomic mass is 16.5. The lowest BCUT2D eigenvalue weighted by molar-refractivity contribution is 0.0936. The number of anilines is 1. The van der Waals surface area contributed by atoms with Gasteiger partial charge in [0.1, 0.15) is 0 Å². The minimum absolute atomic E-state index is 0.0350. The highest BCUT2D eigenvalue weighted by Crippen LogP contribution is 2.51. The van der Waals surface area contributed by atoms with Gasteiger partial charge in [-0.3, -0.25) is 4.79 Å². The number of Topliss-reactive ketones (excluding diaryl/α,β-unsaturated/α-hetero) is 1. The number of nitrogen functional groups attached to an aromatic ring is 1. The van der Waals surface area contributed by atoms with E-state index in [4.69, 9.17) is 10.5 Å². The molecule has 0 radical (unpaired) electrons. The van der Waals surface area contributed by atoms with Crippen LogP contribution in [-0.2, 0) is 5.41 Å². The third-order valence-corrected chi connectivity index (χ3v) is 3.72. The Morgan fingerprint density at radius 2 is 1.85 bits per heavy atom. The van der Waals surface area contributed by atoms with E-state index in [9.17, 15) is 4.79 Å². The number of carbonyl (C=O) groups excluding carboxylic acids is 1. The summed E-state index contributed by atoms with van der Waals surface area (Å²) in [7, 11) is 1.49. The van der Waals surface area contributed by atoms with Gasteiger partial charge < -0.3 is 10.5 Å². The van der Waals surface area contributed by atoms with Crippen LogP contribution in [-0.4, -0.2) is 22.9 Å². The molecule has 0 aliphatic heterocycles. The van der Waals surface area contributed by atoms with Gasteiger partial charge in [-0.05, 0) is 30.5 Å². The van der Waals surface area contributed by atoms with Gasteiger partial charge in [-0.25, -0.2) is 9.97 Å². The number of ketones is 1. The summed E-state index contributed by atoms with van der Waals surface area (Å²) in [4.78, 5) is 21.0. The molecule has 1 fully saturated rings. The molecule has 20 heavy (non-hydrogen) atoms. The van der Waals surface area contributed by atoms with E-state index < -0.39 is 5.41 Å². The van der Waals surface area contributed by atoms with E-state index in [1.54, 1.807) is 0 Å². The second-order valence-electron chi connectivity index (χ2n) is 4.95. The minimum Gasteiger partial charge on any atom is -0.479 e. The third-order valence-electron chi connectivity index (χ3n) is 3.72. The van der Waals surface area contributed by atoms with E-state index in [-0.39, 0.29) is 11.7 Å². The smallest absolute Gasteiger partial charge is 0.243 e. The van der Waals surface area contributed by atoms with Crippen molar-refractivity contribution in [3.8, 4) is 5.88 Å².